The van der Waals surface area contributed by atoms with E-state index in [-0.39, 0.29) is 17.8 Å². The topological polar surface area (TPSA) is 64.8 Å². The summed E-state index contributed by atoms with van der Waals surface area (Å²) in [5.41, 5.74) is 5.83. The molecule has 1 saturated heterocycles. The lowest BCUT2D eigenvalue weighted by Crippen LogP contribution is -2.41. The summed E-state index contributed by atoms with van der Waals surface area (Å²) in [5.74, 6) is 0.402. The van der Waals surface area contributed by atoms with Crippen molar-refractivity contribution in [2.45, 2.75) is 45.1 Å². The first kappa shape index (κ1) is 18.5. The third-order valence-electron chi connectivity index (χ3n) is 3.90. The van der Waals surface area contributed by atoms with Gasteiger partial charge in [-0.2, -0.15) is 0 Å². The molecule has 2 rings (SSSR count). The lowest BCUT2D eigenvalue weighted by Gasteiger charge is -2.33. The predicted octanol–water partition coefficient (Wildman–Crippen LogP) is 3.28. The fourth-order valence-electron chi connectivity index (χ4n) is 2.80. The average molecular weight is 338 g/mol. The van der Waals surface area contributed by atoms with Crippen LogP contribution in [0.4, 0.5) is 9.18 Å². The van der Waals surface area contributed by atoms with Crippen molar-refractivity contribution in [3.8, 4) is 5.75 Å². The van der Waals surface area contributed by atoms with Crippen molar-refractivity contribution in [3.05, 3.63) is 29.6 Å². The molecule has 0 unspecified atom stereocenters. The first-order valence-corrected chi connectivity index (χ1v) is 8.40. The van der Waals surface area contributed by atoms with E-state index in [0.29, 0.717) is 32.0 Å². The fraction of sp³-hybridized carbons (Fsp3) is 0.611. The van der Waals surface area contributed by atoms with Crippen molar-refractivity contribution >= 4 is 6.09 Å². The summed E-state index contributed by atoms with van der Waals surface area (Å²) in [6.45, 7) is 7.53. The highest BCUT2D eigenvalue weighted by atomic mass is 19.1. The Kier molecular flexibility index (Phi) is 6.04. The van der Waals surface area contributed by atoms with E-state index in [4.69, 9.17) is 15.2 Å². The number of hydrogen-bond acceptors (Lipinski definition) is 4. The van der Waals surface area contributed by atoms with Crippen molar-refractivity contribution in [2.75, 3.05) is 26.2 Å². The van der Waals surface area contributed by atoms with E-state index in [9.17, 15) is 9.18 Å². The molecule has 0 atom stereocenters. The van der Waals surface area contributed by atoms with Crippen LogP contribution in [0.15, 0.2) is 18.2 Å². The summed E-state index contributed by atoms with van der Waals surface area (Å²) in [4.78, 5) is 13.8. The van der Waals surface area contributed by atoms with Crippen LogP contribution < -0.4 is 10.5 Å². The van der Waals surface area contributed by atoms with Crippen LogP contribution in [-0.2, 0) is 4.74 Å². The maximum Gasteiger partial charge on any atom is 0.410 e. The second kappa shape index (κ2) is 7.83. The van der Waals surface area contributed by atoms with Gasteiger partial charge < -0.3 is 20.1 Å². The number of carbonyl (C=O) groups excluding carboxylic acids is 1. The van der Waals surface area contributed by atoms with E-state index in [0.717, 1.165) is 18.4 Å². The van der Waals surface area contributed by atoms with Gasteiger partial charge in [-0.1, -0.05) is 0 Å². The molecule has 5 nitrogen and oxygen atoms in total. The first-order valence-electron chi connectivity index (χ1n) is 8.40. The van der Waals surface area contributed by atoms with Gasteiger partial charge in [-0.3, -0.25) is 0 Å². The Morgan fingerprint density at radius 2 is 1.96 bits per heavy atom. The van der Waals surface area contributed by atoms with Crippen molar-refractivity contribution in [1.29, 1.82) is 0 Å². The largest absolute Gasteiger partial charge is 0.492 e. The SMILES string of the molecule is CC(C)(C)OC(=O)N1CCC(c2cc(F)cc(OCCN)c2)CC1. The minimum absolute atomic E-state index is 0.208. The zero-order chi connectivity index (χ0) is 17.7. The Morgan fingerprint density at radius 3 is 2.54 bits per heavy atom. The van der Waals surface area contributed by atoms with Gasteiger partial charge in [0.2, 0.25) is 0 Å². The number of rotatable bonds is 4. The summed E-state index contributed by atoms with van der Waals surface area (Å²) >= 11 is 0. The quantitative estimate of drug-likeness (QED) is 0.915. The Bertz CT molecular complexity index is 564. The standard InChI is InChI=1S/C18H27FN2O3/c1-18(2,3)24-17(22)21-7-4-13(5-8-21)14-10-15(19)12-16(11-14)23-9-6-20/h10-13H,4-9,20H2,1-3H3. The van der Waals surface area contributed by atoms with Crippen LogP contribution in [0.3, 0.4) is 0 Å². The third-order valence-corrected chi connectivity index (χ3v) is 3.90. The lowest BCUT2D eigenvalue weighted by atomic mass is 9.89. The molecule has 134 valence electrons. The molecule has 0 saturated carbocycles. The molecule has 2 N–H and O–H groups in total. The van der Waals surface area contributed by atoms with Crippen LogP contribution >= 0.6 is 0 Å². The second-order valence-electron chi connectivity index (χ2n) is 7.10. The minimum Gasteiger partial charge on any atom is -0.492 e. The van der Waals surface area contributed by atoms with Crippen molar-refractivity contribution in [3.63, 3.8) is 0 Å². The zero-order valence-corrected chi connectivity index (χ0v) is 14.7. The number of nitrogens with zero attached hydrogens (tertiary/aromatic N) is 1. The van der Waals surface area contributed by atoms with Gasteiger partial charge in [-0.25, -0.2) is 9.18 Å². The molecule has 1 aliphatic heterocycles. The van der Waals surface area contributed by atoms with Gasteiger partial charge in [-0.05, 0) is 57.2 Å². The van der Waals surface area contributed by atoms with Crippen LogP contribution in [0.1, 0.15) is 45.1 Å². The zero-order valence-electron chi connectivity index (χ0n) is 14.7. The number of nitrogens with two attached hydrogens (primary N) is 1. The van der Waals surface area contributed by atoms with E-state index in [1.807, 2.05) is 26.8 Å². The lowest BCUT2D eigenvalue weighted by molar-refractivity contribution is 0.0204. The van der Waals surface area contributed by atoms with Gasteiger partial charge >= 0.3 is 6.09 Å². The predicted molar refractivity (Wildman–Crippen MR) is 90.7 cm³/mol. The number of amides is 1. The van der Waals surface area contributed by atoms with Crippen LogP contribution in [0.5, 0.6) is 5.75 Å². The molecular weight excluding hydrogens is 311 g/mol. The molecule has 1 aromatic rings. The number of ether oxygens (including phenoxy) is 2. The van der Waals surface area contributed by atoms with E-state index < -0.39 is 5.60 Å². The molecule has 24 heavy (non-hydrogen) atoms. The molecule has 0 radical (unpaired) electrons. The molecule has 0 bridgehead atoms. The van der Waals surface area contributed by atoms with Crippen molar-refractivity contribution in [2.24, 2.45) is 5.73 Å². The number of carbonyl (C=O) groups is 1. The molecule has 1 aromatic carbocycles. The Hall–Kier alpha value is -1.82. The molecule has 1 amide bonds. The summed E-state index contributed by atoms with van der Waals surface area (Å²) in [6, 6.07) is 4.78. The van der Waals surface area contributed by atoms with E-state index in [1.54, 1.807) is 11.0 Å². The van der Waals surface area contributed by atoms with Gasteiger partial charge in [0.1, 0.15) is 23.8 Å². The van der Waals surface area contributed by atoms with Crippen LogP contribution in [0, 0.1) is 5.82 Å². The Labute approximate surface area is 142 Å². The number of likely N-dealkylation sites (tertiary alicyclic amines) is 1. The normalized spacial score (nSPS) is 16.1. The molecule has 1 aliphatic rings. The number of halogens is 1. The van der Waals surface area contributed by atoms with Gasteiger partial charge in [0.25, 0.3) is 0 Å². The highest BCUT2D eigenvalue weighted by Crippen LogP contribution is 2.31. The molecular formula is C18H27FN2O3. The van der Waals surface area contributed by atoms with Crippen LogP contribution in [0.25, 0.3) is 0 Å². The van der Waals surface area contributed by atoms with E-state index in [2.05, 4.69) is 0 Å². The minimum atomic E-state index is -0.494. The first-order chi connectivity index (χ1) is 11.3. The fourth-order valence-corrected chi connectivity index (χ4v) is 2.80. The highest BCUT2D eigenvalue weighted by Gasteiger charge is 2.27. The Morgan fingerprint density at radius 1 is 1.29 bits per heavy atom. The molecule has 0 aliphatic carbocycles. The van der Waals surface area contributed by atoms with Gasteiger partial charge in [0.15, 0.2) is 0 Å². The van der Waals surface area contributed by atoms with E-state index >= 15 is 0 Å². The van der Waals surface area contributed by atoms with Crippen molar-refractivity contribution < 1.29 is 18.7 Å². The summed E-state index contributed by atoms with van der Waals surface area (Å²) in [7, 11) is 0. The molecule has 0 aromatic heterocycles. The summed E-state index contributed by atoms with van der Waals surface area (Å²) < 4.78 is 24.6. The van der Waals surface area contributed by atoms with E-state index in [1.165, 1.54) is 6.07 Å². The number of hydrogen-bond donors (Lipinski definition) is 1. The third kappa shape index (κ3) is 5.37. The van der Waals surface area contributed by atoms with Gasteiger partial charge in [0, 0.05) is 25.7 Å². The monoisotopic (exact) mass is 338 g/mol. The van der Waals surface area contributed by atoms with Crippen molar-refractivity contribution in [1.82, 2.24) is 4.90 Å². The molecule has 1 heterocycles. The number of benzene rings is 1. The van der Waals surface area contributed by atoms with Crippen LogP contribution in [-0.4, -0.2) is 42.8 Å². The van der Waals surface area contributed by atoms with Crippen LogP contribution in [0.2, 0.25) is 0 Å². The molecule has 0 spiro atoms. The molecule has 1 fully saturated rings. The highest BCUT2D eigenvalue weighted by molar-refractivity contribution is 5.68. The number of piperidine rings is 1. The summed E-state index contributed by atoms with van der Waals surface area (Å²) in [6.07, 6.45) is 1.27. The van der Waals surface area contributed by atoms with Gasteiger partial charge in [0.05, 0.1) is 0 Å². The summed E-state index contributed by atoms with van der Waals surface area (Å²) in [5, 5.41) is 0. The maximum atomic E-state index is 13.8. The maximum absolute atomic E-state index is 13.8. The average Bonchev–Trinajstić information content (AvgIpc) is 2.51. The smallest absolute Gasteiger partial charge is 0.410 e. The molecule has 6 heteroatoms. The Balaban J connectivity index is 1.97. The van der Waals surface area contributed by atoms with Gasteiger partial charge in [-0.15, -0.1) is 0 Å². The second-order valence-corrected chi connectivity index (χ2v) is 7.10.